The van der Waals surface area contributed by atoms with Gasteiger partial charge in [-0.05, 0) is 18.9 Å². The van der Waals surface area contributed by atoms with Crippen LogP contribution in [0.3, 0.4) is 0 Å². The maximum Gasteiger partial charge on any atom is 0.171 e. The SMILES string of the molecule is CCCCCCCCCCCCCc1ccc[n+](C)c1. The summed E-state index contributed by atoms with van der Waals surface area (Å²) in [7, 11) is 2.10. The first-order valence-electron chi connectivity index (χ1n) is 8.77. The lowest BCUT2D eigenvalue weighted by Crippen LogP contribution is -2.26. The summed E-state index contributed by atoms with van der Waals surface area (Å²) in [5, 5.41) is 0. The van der Waals surface area contributed by atoms with Crippen molar-refractivity contribution in [3.05, 3.63) is 30.1 Å². The van der Waals surface area contributed by atoms with Gasteiger partial charge >= 0.3 is 0 Å². The molecule has 0 N–H and O–H groups in total. The van der Waals surface area contributed by atoms with Crippen LogP contribution in [-0.4, -0.2) is 0 Å². The van der Waals surface area contributed by atoms with Gasteiger partial charge in [-0.2, -0.15) is 0 Å². The smallest absolute Gasteiger partial charge is 0.171 e. The fraction of sp³-hybridized carbons (Fsp3) is 0.737. The molecule has 0 amide bonds. The number of hydrogen-bond donors (Lipinski definition) is 0. The third kappa shape index (κ3) is 9.12. The van der Waals surface area contributed by atoms with Crippen molar-refractivity contribution >= 4 is 0 Å². The molecule has 1 heteroatoms. The highest BCUT2D eigenvalue weighted by molar-refractivity contribution is 5.05. The lowest BCUT2D eigenvalue weighted by Gasteiger charge is -2.02. The number of pyridine rings is 1. The predicted molar refractivity (Wildman–Crippen MR) is 87.8 cm³/mol. The van der Waals surface area contributed by atoms with Gasteiger partial charge in [0.1, 0.15) is 7.05 Å². The van der Waals surface area contributed by atoms with Crippen LogP contribution in [0.15, 0.2) is 24.5 Å². The van der Waals surface area contributed by atoms with E-state index in [1.165, 1.54) is 82.6 Å². The minimum atomic E-state index is 1.24. The number of aryl methyl sites for hydroxylation is 2. The van der Waals surface area contributed by atoms with Crippen molar-refractivity contribution in [2.24, 2.45) is 7.05 Å². The van der Waals surface area contributed by atoms with Crippen LogP contribution in [0.4, 0.5) is 0 Å². The molecule has 0 aliphatic carbocycles. The molecule has 0 radical (unpaired) electrons. The van der Waals surface area contributed by atoms with Crippen molar-refractivity contribution in [1.29, 1.82) is 0 Å². The molecular weight excluding hydrogens is 242 g/mol. The lowest BCUT2D eigenvalue weighted by atomic mass is 10.0. The highest BCUT2D eigenvalue weighted by Gasteiger charge is 1.98. The quantitative estimate of drug-likeness (QED) is 0.357. The molecule has 0 bridgehead atoms. The highest BCUT2D eigenvalue weighted by atomic mass is 14.9. The summed E-state index contributed by atoms with van der Waals surface area (Å²) in [5.74, 6) is 0. The zero-order valence-electron chi connectivity index (χ0n) is 13.7. The van der Waals surface area contributed by atoms with Crippen LogP contribution >= 0.6 is 0 Å². The van der Waals surface area contributed by atoms with Crippen molar-refractivity contribution in [3.8, 4) is 0 Å². The molecule has 0 aliphatic heterocycles. The Morgan fingerprint density at radius 2 is 1.35 bits per heavy atom. The van der Waals surface area contributed by atoms with Crippen LogP contribution in [0.25, 0.3) is 0 Å². The second kappa shape index (κ2) is 11.9. The Kier molecular flexibility index (Phi) is 10.3. The molecule has 1 aromatic heterocycles. The van der Waals surface area contributed by atoms with E-state index < -0.39 is 0 Å². The summed E-state index contributed by atoms with van der Waals surface area (Å²) in [6, 6.07) is 4.39. The molecular formula is C19H34N+. The Morgan fingerprint density at radius 1 is 0.800 bits per heavy atom. The van der Waals surface area contributed by atoms with E-state index in [2.05, 4.69) is 43.1 Å². The number of unbranched alkanes of at least 4 members (excludes halogenated alkanes) is 10. The van der Waals surface area contributed by atoms with Gasteiger partial charge in [-0.25, -0.2) is 4.57 Å². The Labute approximate surface area is 126 Å². The average Bonchev–Trinajstić information content (AvgIpc) is 2.45. The third-order valence-corrected chi connectivity index (χ3v) is 4.07. The van der Waals surface area contributed by atoms with E-state index in [1.54, 1.807) is 0 Å². The van der Waals surface area contributed by atoms with Gasteiger partial charge in [-0.1, -0.05) is 71.1 Å². The molecule has 0 saturated heterocycles. The van der Waals surface area contributed by atoms with E-state index >= 15 is 0 Å². The van der Waals surface area contributed by atoms with Gasteiger partial charge in [0.2, 0.25) is 0 Å². The average molecular weight is 276 g/mol. The lowest BCUT2D eigenvalue weighted by molar-refractivity contribution is -0.671. The molecule has 1 nitrogen and oxygen atoms in total. The topological polar surface area (TPSA) is 3.88 Å². The monoisotopic (exact) mass is 276 g/mol. The van der Waals surface area contributed by atoms with Crippen LogP contribution in [-0.2, 0) is 13.5 Å². The molecule has 0 atom stereocenters. The Balaban J connectivity index is 1.85. The van der Waals surface area contributed by atoms with Gasteiger partial charge in [0.05, 0.1) is 0 Å². The first kappa shape index (κ1) is 17.2. The van der Waals surface area contributed by atoms with Gasteiger partial charge in [0, 0.05) is 11.6 Å². The summed E-state index contributed by atoms with van der Waals surface area (Å²) < 4.78 is 2.15. The predicted octanol–water partition coefficient (Wildman–Crippen LogP) is 5.36. The Bertz CT molecular complexity index is 332. The molecule has 0 saturated carbocycles. The Hall–Kier alpha value is -0.850. The van der Waals surface area contributed by atoms with E-state index in [9.17, 15) is 0 Å². The second-order valence-electron chi connectivity index (χ2n) is 6.16. The molecule has 0 fully saturated rings. The van der Waals surface area contributed by atoms with Gasteiger partial charge in [-0.15, -0.1) is 0 Å². The van der Waals surface area contributed by atoms with Crippen molar-refractivity contribution in [2.45, 2.75) is 84.0 Å². The van der Waals surface area contributed by atoms with Gasteiger partial charge in [0.15, 0.2) is 12.4 Å². The largest absolute Gasteiger partial charge is 0.208 e. The molecule has 0 spiro atoms. The summed E-state index contributed by atoms with van der Waals surface area (Å²) in [6.07, 6.45) is 21.3. The van der Waals surface area contributed by atoms with Crippen LogP contribution in [0.2, 0.25) is 0 Å². The normalized spacial score (nSPS) is 10.9. The minimum absolute atomic E-state index is 1.24. The van der Waals surface area contributed by atoms with Crippen LogP contribution in [0, 0.1) is 0 Å². The first-order valence-corrected chi connectivity index (χ1v) is 8.77. The molecule has 1 rings (SSSR count). The fourth-order valence-electron chi connectivity index (χ4n) is 2.79. The Morgan fingerprint density at radius 3 is 1.90 bits per heavy atom. The van der Waals surface area contributed by atoms with Crippen molar-refractivity contribution in [3.63, 3.8) is 0 Å². The third-order valence-electron chi connectivity index (χ3n) is 4.07. The molecule has 114 valence electrons. The molecule has 20 heavy (non-hydrogen) atoms. The van der Waals surface area contributed by atoms with E-state index in [0.29, 0.717) is 0 Å². The molecule has 1 aromatic rings. The number of rotatable bonds is 12. The zero-order valence-corrected chi connectivity index (χ0v) is 13.7. The van der Waals surface area contributed by atoms with Crippen LogP contribution in [0.1, 0.15) is 83.1 Å². The zero-order chi connectivity index (χ0) is 14.5. The number of hydrogen-bond acceptors (Lipinski definition) is 0. The van der Waals surface area contributed by atoms with E-state index in [-0.39, 0.29) is 0 Å². The maximum atomic E-state index is 2.29. The van der Waals surface area contributed by atoms with Crippen molar-refractivity contribution in [2.75, 3.05) is 0 Å². The summed E-state index contributed by atoms with van der Waals surface area (Å²) in [6.45, 7) is 2.29. The molecule has 0 unspecified atom stereocenters. The van der Waals surface area contributed by atoms with Crippen molar-refractivity contribution < 1.29 is 4.57 Å². The van der Waals surface area contributed by atoms with Gasteiger partial charge in [0.25, 0.3) is 0 Å². The van der Waals surface area contributed by atoms with E-state index in [4.69, 9.17) is 0 Å². The van der Waals surface area contributed by atoms with E-state index in [0.717, 1.165) is 0 Å². The van der Waals surface area contributed by atoms with E-state index in [1.807, 2.05) is 0 Å². The molecule has 1 heterocycles. The van der Waals surface area contributed by atoms with Crippen LogP contribution in [0.5, 0.6) is 0 Å². The summed E-state index contributed by atoms with van der Waals surface area (Å²) >= 11 is 0. The molecule has 0 aliphatic rings. The second-order valence-corrected chi connectivity index (χ2v) is 6.16. The number of nitrogens with zero attached hydrogens (tertiary/aromatic N) is 1. The van der Waals surface area contributed by atoms with Crippen molar-refractivity contribution in [1.82, 2.24) is 0 Å². The van der Waals surface area contributed by atoms with Crippen LogP contribution < -0.4 is 4.57 Å². The number of aromatic nitrogens is 1. The maximum absolute atomic E-state index is 2.29. The standard InChI is InChI=1S/C19H34N/c1-3-4-5-6-7-8-9-10-11-12-13-15-19-16-14-17-20(2)18-19/h14,16-18H,3-13,15H2,1-2H3/q+1. The summed E-state index contributed by atoms with van der Waals surface area (Å²) in [5.41, 5.74) is 1.48. The van der Waals surface area contributed by atoms with Gasteiger partial charge < -0.3 is 0 Å². The first-order chi connectivity index (χ1) is 9.83. The fourth-order valence-corrected chi connectivity index (χ4v) is 2.79. The van der Waals surface area contributed by atoms with Gasteiger partial charge in [-0.3, -0.25) is 0 Å². The highest BCUT2D eigenvalue weighted by Crippen LogP contribution is 2.12. The summed E-state index contributed by atoms with van der Waals surface area (Å²) in [4.78, 5) is 0. The minimum Gasteiger partial charge on any atom is -0.208 e. The molecule has 0 aromatic carbocycles.